The zero-order valence-corrected chi connectivity index (χ0v) is 20.8. The average molecular weight is 555 g/mol. The van der Waals surface area contributed by atoms with Gasteiger partial charge in [-0.15, -0.1) is 23.1 Å². The zero-order chi connectivity index (χ0) is 26.0. The van der Waals surface area contributed by atoms with E-state index in [-0.39, 0.29) is 29.0 Å². The second-order valence-corrected chi connectivity index (χ2v) is 10.3. The SMILES string of the molecule is Cn1[nH]c(=O)c(=O)nc1SCC1=C(C(=O)O)N2C(=O)[C@@H](NC(=O)C=NOCc3csc(N)n3)[C@H]2SC1. The van der Waals surface area contributed by atoms with Gasteiger partial charge in [-0.05, 0) is 5.57 Å². The van der Waals surface area contributed by atoms with E-state index < -0.39 is 40.3 Å². The maximum Gasteiger partial charge on any atom is 0.352 e. The van der Waals surface area contributed by atoms with Crippen molar-refractivity contribution in [2.45, 2.75) is 23.2 Å². The summed E-state index contributed by atoms with van der Waals surface area (Å²) in [5, 5.41) is 19.8. The highest BCUT2D eigenvalue weighted by Gasteiger charge is 2.54. The van der Waals surface area contributed by atoms with Gasteiger partial charge < -0.3 is 21.0 Å². The van der Waals surface area contributed by atoms with Crippen LogP contribution in [0.4, 0.5) is 5.13 Å². The molecule has 2 aliphatic heterocycles. The number of carboxylic acid groups (broad SMARTS) is 1. The molecule has 2 aromatic heterocycles. The van der Waals surface area contributed by atoms with Crippen molar-refractivity contribution in [3.63, 3.8) is 0 Å². The fourth-order valence-corrected chi connectivity index (χ4v) is 6.26. The van der Waals surface area contributed by atoms with Crippen LogP contribution < -0.4 is 22.2 Å². The Kier molecular flexibility index (Phi) is 7.45. The molecule has 1 fully saturated rings. The Morgan fingerprint density at radius 2 is 2.19 bits per heavy atom. The highest BCUT2D eigenvalue weighted by molar-refractivity contribution is 8.01. The van der Waals surface area contributed by atoms with E-state index in [1.165, 1.54) is 34.8 Å². The molecular formula is C18H18N8O7S3. The van der Waals surface area contributed by atoms with E-state index in [2.05, 4.69) is 25.5 Å². The van der Waals surface area contributed by atoms with Crippen molar-refractivity contribution in [2.24, 2.45) is 12.2 Å². The van der Waals surface area contributed by atoms with Crippen LogP contribution in [-0.2, 0) is 32.9 Å². The molecule has 0 bridgehead atoms. The molecule has 0 aliphatic carbocycles. The molecule has 2 atom stereocenters. The molecular weight excluding hydrogens is 536 g/mol. The Morgan fingerprint density at radius 3 is 2.89 bits per heavy atom. The van der Waals surface area contributed by atoms with Gasteiger partial charge in [0.25, 0.3) is 11.8 Å². The number of rotatable bonds is 9. The predicted molar refractivity (Wildman–Crippen MR) is 130 cm³/mol. The maximum absolute atomic E-state index is 12.7. The van der Waals surface area contributed by atoms with E-state index in [4.69, 9.17) is 10.6 Å². The number of nitrogens with two attached hydrogens (primary N) is 1. The number of nitrogens with one attached hydrogen (secondary N) is 2. The number of aliphatic carboxylic acids is 1. The minimum absolute atomic E-state index is 0.0163. The minimum Gasteiger partial charge on any atom is -0.477 e. The first-order valence-corrected chi connectivity index (χ1v) is 12.9. The lowest BCUT2D eigenvalue weighted by Crippen LogP contribution is -2.70. The molecule has 2 aliphatic rings. The third-order valence-electron chi connectivity index (χ3n) is 4.90. The van der Waals surface area contributed by atoms with E-state index >= 15 is 0 Å². The molecule has 0 unspecified atom stereocenters. The molecule has 2 amide bonds. The second kappa shape index (κ2) is 10.5. The number of aromatic nitrogens is 4. The molecule has 18 heteroatoms. The predicted octanol–water partition coefficient (Wildman–Crippen LogP) is -1.46. The van der Waals surface area contributed by atoms with Gasteiger partial charge >= 0.3 is 17.1 Å². The van der Waals surface area contributed by atoms with Gasteiger partial charge in [0.1, 0.15) is 23.3 Å². The van der Waals surface area contributed by atoms with E-state index in [0.717, 1.165) is 22.9 Å². The summed E-state index contributed by atoms with van der Waals surface area (Å²) in [6.07, 6.45) is 0.872. The van der Waals surface area contributed by atoms with Gasteiger partial charge in [0.05, 0.1) is 5.69 Å². The van der Waals surface area contributed by atoms with Crippen LogP contribution in [0, 0.1) is 0 Å². The molecule has 2 aromatic rings. The number of carbonyl (C=O) groups is 3. The van der Waals surface area contributed by atoms with Gasteiger partial charge in [0.2, 0.25) is 0 Å². The summed E-state index contributed by atoms with van der Waals surface area (Å²) in [4.78, 5) is 73.5. The van der Waals surface area contributed by atoms with Crippen molar-refractivity contribution < 1.29 is 24.3 Å². The van der Waals surface area contributed by atoms with Crippen LogP contribution >= 0.6 is 34.9 Å². The fraction of sp³-hybridized carbons (Fsp3) is 0.333. The molecule has 5 N–H and O–H groups in total. The fourth-order valence-electron chi connectivity index (χ4n) is 3.30. The zero-order valence-electron chi connectivity index (χ0n) is 18.4. The summed E-state index contributed by atoms with van der Waals surface area (Å²) in [5.41, 5.74) is 4.49. The molecule has 0 saturated carbocycles. The molecule has 4 heterocycles. The van der Waals surface area contributed by atoms with Gasteiger partial charge in [-0.2, -0.15) is 4.98 Å². The van der Waals surface area contributed by atoms with Gasteiger partial charge in [0.15, 0.2) is 16.9 Å². The molecule has 36 heavy (non-hydrogen) atoms. The Bertz CT molecular complexity index is 1400. The van der Waals surface area contributed by atoms with Crippen LogP contribution in [0.15, 0.2) is 36.6 Å². The van der Waals surface area contributed by atoms with Crippen molar-refractivity contribution in [2.75, 3.05) is 17.2 Å². The minimum atomic E-state index is -1.30. The topological polar surface area (TPSA) is 215 Å². The largest absolute Gasteiger partial charge is 0.477 e. The number of hydrogen-bond donors (Lipinski definition) is 4. The van der Waals surface area contributed by atoms with Crippen molar-refractivity contribution in [3.05, 3.63) is 43.1 Å². The number of anilines is 1. The number of thioether (sulfide) groups is 2. The lowest BCUT2D eigenvalue weighted by molar-refractivity contribution is -0.150. The Morgan fingerprint density at radius 1 is 1.42 bits per heavy atom. The van der Waals surface area contributed by atoms with Crippen molar-refractivity contribution in [1.29, 1.82) is 0 Å². The third-order valence-corrected chi connectivity index (χ3v) is 8.08. The van der Waals surface area contributed by atoms with Gasteiger partial charge in [-0.25, -0.2) is 9.78 Å². The molecule has 0 spiro atoms. The summed E-state index contributed by atoms with van der Waals surface area (Å²) in [6.45, 7) is 0.0163. The molecule has 15 nitrogen and oxygen atoms in total. The second-order valence-electron chi connectivity index (χ2n) is 7.33. The summed E-state index contributed by atoms with van der Waals surface area (Å²) in [6, 6.07) is -0.933. The first-order chi connectivity index (χ1) is 17.2. The van der Waals surface area contributed by atoms with Gasteiger partial charge in [-0.1, -0.05) is 16.9 Å². The Hall–Kier alpha value is -3.64. The van der Waals surface area contributed by atoms with Crippen molar-refractivity contribution in [1.82, 2.24) is 30.0 Å². The summed E-state index contributed by atoms with van der Waals surface area (Å²) in [7, 11) is 1.49. The van der Waals surface area contributed by atoms with Crippen LogP contribution in [0.1, 0.15) is 5.69 Å². The monoisotopic (exact) mass is 554 g/mol. The van der Waals surface area contributed by atoms with Crippen LogP contribution in [-0.4, -0.2) is 76.7 Å². The van der Waals surface area contributed by atoms with E-state index in [1.54, 1.807) is 5.38 Å². The number of carbonyl (C=O) groups excluding carboxylic acids is 2. The van der Waals surface area contributed by atoms with Crippen LogP contribution in [0.2, 0.25) is 0 Å². The van der Waals surface area contributed by atoms with Crippen LogP contribution in [0.3, 0.4) is 0 Å². The number of carboxylic acids is 1. The smallest absolute Gasteiger partial charge is 0.352 e. The number of thiazole rings is 1. The highest BCUT2D eigenvalue weighted by atomic mass is 32.2. The number of β-lactam (4-membered cyclic amide) rings is 1. The number of nitrogens with zero attached hydrogens (tertiary/aromatic N) is 5. The average Bonchev–Trinajstić information content (AvgIpc) is 3.25. The number of fused-ring (bicyclic) bond motifs is 1. The van der Waals surface area contributed by atoms with Crippen molar-refractivity contribution >= 4 is 64.0 Å². The van der Waals surface area contributed by atoms with E-state index in [0.29, 0.717) is 16.4 Å². The van der Waals surface area contributed by atoms with Crippen molar-refractivity contribution in [3.8, 4) is 0 Å². The maximum atomic E-state index is 12.7. The van der Waals surface area contributed by atoms with Crippen LogP contribution in [0.25, 0.3) is 0 Å². The lowest BCUT2D eigenvalue weighted by atomic mass is 10.0. The lowest BCUT2D eigenvalue weighted by Gasteiger charge is -2.49. The summed E-state index contributed by atoms with van der Waals surface area (Å²) < 4.78 is 1.26. The van der Waals surface area contributed by atoms with E-state index in [9.17, 15) is 29.1 Å². The summed E-state index contributed by atoms with van der Waals surface area (Å²) >= 11 is 3.57. The number of H-pyrrole nitrogens is 1. The normalized spacial score (nSPS) is 19.2. The molecule has 0 radical (unpaired) electrons. The standard InChI is InChI=1S/C18H18N8O7S3/c1-25-18(23-12(28)13(29)24-25)36-5-7-4-34-15-10(14(30)26(15)11(7)16(31)32)22-9(27)2-20-33-3-8-6-35-17(19)21-8/h2,6,10,15H,3-5H2,1H3,(H2,19,21)(H,22,27)(H,24,29)(H,31,32)/t10-,15-/m1/s1. The third kappa shape index (κ3) is 5.29. The van der Waals surface area contributed by atoms with Gasteiger partial charge in [-0.3, -0.25) is 33.9 Å². The molecule has 190 valence electrons. The molecule has 4 rings (SSSR count). The molecule has 0 aromatic carbocycles. The first-order valence-electron chi connectivity index (χ1n) is 10.0. The highest BCUT2D eigenvalue weighted by Crippen LogP contribution is 2.41. The number of oxime groups is 1. The van der Waals surface area contributed by atoms with E-state index in [1.807, 2.05) is 0 Å². The molecule has 1 saturated heterocycles. The van der Waals surface area contributed by atoms with Crippen LogP contribution in [0.5, 0.6) is 0 Å². The number of amides is 2. The Balaban J connectivity index is 1.37. The first kappa shape index (κ1) is 25.5. The number of aromatic amines is 1. The number of aryl methyl sites for hydroxylation is 1. The number of nitrogen functional groups attached to an aromatic ring is 1. The Labute approximate surface area is 213 Å². The number of hydrogen-bond acceptors (Lipinski definition) is 13. The van der Waals surface area contributed by atoms with Gasteiger partial charge in [0, 0.05) is 23.9 Å². The summed E-state index contributed by atoms with van der Waals surface area (Å²) in [5.74, 6) is -2.18. The quantitative estimate of drug-likeness (QED) is 0.0920.